The Balaban J connectivity index is 2.02. The number of nitro benzene ring substituents is 1. The number of benzene rings is 1. The van der Waals surface area contributed by atoms with Gasteiger partial charge >= 0.3 is 0 Å². The molecule has 0 spiro atoms. The van der Waals surface area contributed by atoms with Gasteiger partial charge in [-0.15, -0.1) is 0 Å². The second kappa shape index (κ2) is 6.87. The second-order valence-electron chi connectivity index (χ2n) is 5.24. The standard InChI is InChI=1S/C16H18N4O3/c1-11-8-14(12(2)19(11)3)10-17-18-16(21)9-13-6-4-5-7-15(13)20(22)23/h4-8,10H,9H2,1-3H3,(H,18,21)/b17-10+. The number of nitrogens with zero attached hydrogens (tertiary/aromatic N) is 3. The Morgan fingerprint density at radius 3 is 2.70 bits per heavy atom. The van der Waals surface area contributed by atoms with Crippen molar-refractivity contribution < 1.29 is 9.72 Å². The highest BCUT2D eigenvalue weighted by Gasteiger charge is 2.15. The van der Waals surface area contributed by atoms with E-state index in [1.54, 1.807) is 24.4 Å². The fourth-order valence-electron chi connectivity index (χ4n) is 2.24. The molecular formula is C16H18N4O3. The molecule has 120 valence electrons. The van der Waals surface area contributed by atoms with Crippen molar-refractivity contribution in [3.05, 3.63) is 63.0 Å². The molecule has 0 unspecified atom stereocenters. The van der Waals surface area contributed by atoms with Gasteiger partial charge in [0.1, 0.15) is 0 Å². The molecule has 0 fully saturated rings. The number of para-hydroxylation sites is 1. The van der Waals surface area contributed by atoms with Crippen molar-refractivity contribution in [3.8, 4) is 0 Å². The number of aryl methyl sites for hydroxylation is 1. The predicted octanol–water partition coefficient (Wildman–Crippen LogP) is 2.24. The summed E-state index contributed by atoms with van der Waals surface area (Å²) in [6.07, 6.45) is 1.47. The molecule has 7 heteroatoms. The smallest absolute Gasteiger partial charge is 0.273 e. The van der Waals surface area contributed by atoms with Gasteiger partial charge in [0.2, 0.25) is 5.91 Å². The maximum atomic E-state index is 11.9. The Morgan fingerprint density at radius 2 is 2.09 bits per heavy atom. The molecular weight excluding hydrogens is 296 g/mol. The minimum absolute atomic E-state index is 0.0684. The van der Waals surface area contributed by atoms with Crippen LogP contribution in [0.3, 0.4) is 0 Å². The van der Waals surface area contributed by atoms with Crippen molar-refractivity contribution in [2.75, 3.05) is 0 Å². The topological polar surface area (TPSA) is 89.5 Å². The third-order valence-corrected chi connectivity index (χ3v) is 3.75. The van der Waals surface area contributed by atoms with E-state index in [9.17, 15) is 14.9 Å². The summed E-state index contributed by atoms with van der Waals surface area (Å²) in [5.41, 5.74) is 5.74. The van der Waals surface area contributed by atoms with Crippen LogP contribution in [0.1, 0.15) is 22.5 Å². The molecule has 23 heavy (non-hydrogen) atoms. The van der Waals surface area contributed by atoms with Gasteiger partial charge in [0.05, 0.1) is 17.6 Å². The molecule has 0 aliphatic heterocycles. The first-order chi connectivity index (χ1) is 10.9. The second-order valence-corrected chi connectivity index (χ2v) is 5.24. The number of carbonyl (C=O) groups is 1. The summed E-state index contributed by atoms with van der Waals surface area (Å²) in [5.74, 6) is -0.402. The van der Waals surface area contributed by atoms with E-state index in [1.807, 2.05) is 31.5 Å². The third-order valence-electron chi connectivity index (χ3n) is 3.75. The fourth-order valence-corrected chi connectivity index (χ4v) is 2.24. The SMILES string of the molecule is Cc1cc(/C=N/NC(=O)Cc2ccccc2[N+](=O)[O-])c(C)n1C. The van der Waals surface area contributed by atoms with E-state index in [-0.39, 0.29) is 12.1 Å². The van der Waals surface area contributed by atoms with Crippen LogP contribution in [0.2, 0.25) is 0 Å². The first-order valence-corrected chi connectivity index (χ1v) is 7.07. The van der Waals surface area contributed by atoms with E-state index >= 15 is 0 Å². The van der Waals surface area contributed by atoms with E-state index in [0.29, 0.717) is 5.56 Å². The molecule has 0 bridgehead atoms. The molecule has 1 aromatic heterocycles. The number of nitro groups is 1. The van der Waals surface area contributed by atoms with Crippen LogP contribution in [0, 0.1) is 24.0 Å². The van der Waals surface area contributed by atoms with Crippen molar-refractivity contribution in [2.24, 2.45) is 12.1 Å². The molecule has 0 saturated carbocycles. The molecule has 0 radical (unpaired) electrons. The molecule has 1 heterocycles. The Kier molecular flexibility index (Phi) is 4.90. The molecule has 0 aliphatic rings. The van der Waals surface area contributed by atoms with Crippen LogP contribution >= 0.6 is 0 Å². The zero-order valence-corrected chi connectivity index (χ0v) is 13.2. The van der Waals surface area contributed by atoms with E-state index in [0.717, 1.165) is 17.0 Å². The fraction of sp³-hybridized carbons (Fsp3) is 0.250. The minimum Gasteiger partial charge on any atom is -0.352 e. The van der Waals surface area contributed by atoms with E-state index < -0.39 is 10.8 Å². The predicted molar refractivity (Wildman–Crippen MR) is 87.4 cm³/mol. The van der Waals surface area contributed by atoms with Gasteiger partial charge in [-0.05, 0) is 19.9 Å². The first kappa shape index (κ1) is 16.4. The summed E-state index contributed by atoms with van der Waals surface area (Å²) in [6, 6.07) is 8.13. The van der Waals surface area contributed by atoms with Gasteiger partial charge in [-0.2, -0.15) is 5.10 Å². The highest BCUT2D eigenvalue weighted by atomic mass is 16.6. The Hall–Kier alpha value is -2.96. The molecule has 2 aromatic rings. The van der Waals surface area contributed by atoms with E-state index in [2.05, 4.69) is 10.5 Å². The zero-order chi connectivity index (χ0) is 17.0. The van der Waals surface area contributed by atoms with E-state index in [4.69, 9.17) is 0 Å². The number of amides is 1. The number of nitrogens with one attached hydrogen (secondary N) is 1. The average molecular weight is 314 g/mol. The summed E-state index contributed by atoms with van der Waals surface area (Å²) in [5, 5.41) is 14.8. The highest BCUT2D eigenvalue weighted by Crippen LogP contribution is 2.17. The zero-order valence-electron chi connectivity index (χ0n) is 13.2. The van der Waals surface area contributed by atoms with Crippen LogP contribution in [-0.2, 0) is 18.3 Å². The maximum Gasteiger partial charge on any atom is 0.273 e. The quantitative estimate of drug-likeness (QED) is 0.521. The Bertz CT molecular complexity index is 778. The molecule has 1 N–H and O–H groups in total. The number of carbonyl (C=O) groups excluding carboxylic acids is 1. The minimum atomic E-state index is -0.498. The lowest BCUT2D eigenvalue weighted by molar-refractivity contribution is -0.385. The lowest BCUT2D eigenvalue weighted by Crippen LogP contribution is -2.20. The van der Waals surface area contributed by atoms with Crippen LogP contribution < -0.4 is 5.43 Å². The van der Waals surface area contributed by atoms with Gasteiger partial charge in [0.15, 0.2) is 0 Å². The third kappa shape index (κ3) is 3.82. The molecule has 0 aliphatic carbocycles. The van der Waals surface area contributed by atoms with Crippen LogP contribution in [0.5, 0.6) is 0 Å². The number of rotatable bonds is 5. The normalized spacial score (nSPS) is 10.9. The summed E-state index contributed by atoms with van der Waals surface area (Å²) in [4.78, 5) is 22.3. The van der Waals surface area contributed by atoms with Crippen molar-refractivity contribution in [2.45, 2.75) is 20.3 Å². The highest BCUT2D eigenvalue weighted by molar-refractivity contribution is 5.84. The van der Waals surface area contributed by atoms with Crippen LogP contribution in [0.15, 0.2) is 35.4 Å². The monoisotopic (exact) mass is 314 g/mol. The first-order valence-electron chi connectivity index (χ1n) is 7.07. The lowest BCUT2D eigenvalue weighted by atomic mass is 10.1. The van der Waals surface area contributed by atoms with Crippen LogP contribution in [-0.4, -0.2) is 21.6 Å². The summed E-state index contributed by atoms with van der Waals surface area (Å²) < 4.78 is 2.02. The average Bonchev–Trinajstić information content (AvgIpc) is 2.75. The molecule has 1 amide bonds. The van der Waals surface area contributed by atoms with Gasteiger partial charge in [-0.25, -0.2) is 5.43 Å². The van der Waals surface area contributed by atoms with Crippen molar-refractivity contribution in [1.29, 1.82) is 0 Å². The van der Waals surface area contributed by atoms with Crippen molar-refractivity contribution in [3.63, 3.8) is 0 Å². The Morgan fingerprint density at radius 1 is 1.39 bits per heavy atom. The molecule has 2 rings (SSSR count). The maximum absolute atomic E-state index is 11.9. The number of hydrogen-bond acceptors (Lipinski definition) is 4. The van der Waals surface area contributed by atoms with Gasteiger partial charge < -0.3 is 4.57 Å². The summed E-state index contributed by atoms with van der Waals surface area (Å²) in [7, 11) is 1.95. The summed E-state index contributed by atoms with van der Waals surface area (Å²) in [6.45, 7) is 3.95. The van der Waals surface area contributed by atoms with Crippen molar-refractivity contribution in [1.82, 2.24) is 9.99 Å². The number of aromatic nitrogens is 1. The van der Waals surface area contributed by atoms with Gasteiger partial charge in [-0.1, -0.05) is 18.2 Å². The Labute approximate surface area is 133 Å². The molecule has 1 aromatic carbocycles. The summed E-state index contributed by atoms with van der Waals surface area (Å²) >= 11 is 0. The molecule has 7 nitrogen and oxygen atoms in total. The largest absolute Gasteiger partial charge is 0.352 e. The molecule has 0 atom stereocenters. The van der Waals surface area contributed by atoms with E-state index in [1.165, 1.54) is 6.07 Å². The van der Waals surface area contributed by atoms with Crippen molar-refractivity contribution >= 4 is 17.8 Å². The molecule has 0 saturated heterocycles. The number of hydrogen-bond donors (Lipinski definition) is 1. The van der Waals surface area contributed by atoms with Gasteiger partial charge in [0, 0.05) is 35.6 Å². The lowest BCUT2D eigenvalue weighted by Gasteiger charge is -2.02. The van der Waals surface area contributed by atoms with Gasteiger partial charge in [0.25, 0.3) is 5.69 Å². The van der Waals surface area contributed by atoms with Crippen LogP contribution in [0.4, 0.5) is 5.69 Å². The van der Waals surface area contributed by atoms with Crippen LogP contribution in [0.25, 0.3) is 0 Å². The van der Waals surface area contributed by atoms with Gasteiger partial charge in [-0.3, -0.25) is 14.9 Å². The number of hydrazone groups is 1.